The van der Waals surface area contributed by atoms with Crippen LogP contribution in [0.25, 0.3) is 0 Å². The van der Waals surface area contributed by atoms with E-state index < -0.39 is 0 Å². The lowest BCUT2D eigenvalue weighted by Gasteiger charge is -2.16. The highest BCUT2D eigenvalue weighted by Gasteiger charge is 2.13. The van der Waals surface area contributed by atoms with Gasteiger partial charge in [-0.25, -0.2) is 0 Å². The average Bonchev–Trinajstić information content (AvgIpc) is 2.56. The number of aliphatic hydroxyl groups excluding tert-OH is 1. The first-order valence-electron chi connectivity index (χ1n) is 7.41. The van der Waals surface area contributed by atoms with Crippen LogP contribution in [0.15, 0.2) is 48.5 Å². The summed E-state index contributed by atoms with van der Waals surface area (Å²) in [6.07, 6.45) is 1.44. The highest BCUT2D eigenvalue weighted by Crippen LogP contribution is 2.12. The lowest BCUT2D eigenvalue weighted by atomic mass is 10.1. The predicted molar refractivity (Wildman–Crippen MR) is 86.0 cm³/mol. The van der Waals surface area contributed by atoms with E-state index in [0.29, 0.717) is 12.0 Å². The minimum Gasteiger partial charge on any atom is -0.508 e. The fourth-order valence-electron chi connectivity index (χ4n) is 2.24. The van der Waals surface area contributed by atoms with E-state index in [0.717, 1.165) is 12.0 Å². The van der Waals surface area contributed by atoms with Gasteiger partial charge in [0.2, 0.25) is 0 Å². The smallest absolute Gasteiger partial charge is 0.251 e. The van der Waals surface area contributed by atoms with Crippen LogP contribution in [0.3, 0.4) is 0 Å². The number of phenols is 1. The molecular formula is C18H21NO3. The summed E-state index contributed by atoms with van der Waals surface area (Å²) in [5.74, 6) is 0.00447. The van der Waals surface area contributed by atoms with Crippen molar-refractivity contribution in [2.24, 2.45) is 0 Å². The third-order valence-electron chi connectivity index (χ3n) is 3.60. The van der Waals surface area contributed by atoms with Crippen molar-refractivity contribution >= 4 is 5.91 Å². The van der Waals surface area contributed by atoms with Crippen molar-refractivity contribution in [3.63, 3.8) is 0 Å². The van der Waals surface area contributed by atoms with Gasteiger partial charge in [0.1, 0.15) is 5.75 Å². The van der Waals surface area contributed by atoms with Crippen LogP contribution in [-0.2, 0) is 12.8 Å². The van der Waals surface area contributed by atoms with Crippen LogP contribution < -0.4 is 5.32 Å². The second-order valence-corrected chi connectivity index (χ2v) is 5.27. The Hall–Kier alpha value is -2.33. The van der Waals surface area contributed by atoms with Crippen molar-refractivity contribution in [2.75, 3.05) is 6.61 Å². The maximum absolute atomic E-state index is 12.2. The molecule has 4 nitrogen and oxygen atoms in total. The molecule has 116 valence electrons. The fourth-order valence-corrected chi connectivity index (χ4v) is 2.24. The minimum atomic E-state index is -0.358. The first-order chi connectivity index (χ1) is 10.6. The number of hydrogen-bond donors (Lipinski definition) is 3. The number of rotatable bonds is 6. The van der Waals surface area contributed by atoms with Gasteiger partial charge in [-0.1, -0.05) is 31.2 Å². The average molecular weight is 299 g/mol. The normalized spacial score (nSPS) is 11.9. The Morgan fingerprint density at radius 2 is 1.64 bits per heavy atom. The van der Waals surface area contributed by atoms with Crippen molar-refractivity contribution in [1.82, 2.24) is 5.32 Å². The molecule has 2 aromatic rings. The maximum Gasteiger partial charge on any atom is 0.251 e. The lowest BCUT2D eigenvalue weighted by molar-refractivity contribution is 0.0916. The minimum absolute atomic E-state index is 0.139. The van der Waals surface area contributed by atoms with E-state index in [1.807, 2.05) is 12.1 Å². The van der Waals surface area contributed by atoms with E-state index >= 15 is 0 Å². The van der Waals surface area contributed by atoms with Gasteiger partial charge in [-0.15, -0.1) is 0 Å². The molecule has 22 heavy (non-hydrogen) atoms. The molecule has 0 aliphatic heterocycles. The Morgan fingerprint density at radius 3 is 2.18 bits per heavy atom. The number of hydrogen-bond acceptors (Lipinski definition) is 3. The van der Waals surface area contributed by atoms with Gasteiger partial charge in [0.25, 0.3) is 5.91 Å². The zero-order chi connectivity index (χ0) is 15.9. The first kappa shape index (κ1) is 16.0. The molecule has 0 saturated carbocycles. The Morgan fingerprint density at radius 1 is 1.05 bits per heavy atom. The molecule has 0 aliphatic carbocycles. The van der Waals surface area contributed by atoms with Crippen LogP contribution in [-0.4, -0.2) is 28.8 Å². The molecule has 0 unspecified atom stereocenters. The van der Waals surface area contributed by atoms with Crippen molar-refractivity contribution in [3.8, 4) is 5.75 Å². The highest BCUT2D eigenvalue weighted by molar-refractivity contribution is 5.94. The summed E-state index contributed by atoms with van der Waals surface area (Å²) in [5, 5.41) is 21.6. The Labute approximate surface area is 130 Å². The third kappa shape index (κ3) is 4.33. The summed E-state index contributed by atoms with van der Waals surface area (Å²) in [7, 11) is 0. The fraction of sp³-hybridized carbons (Fsp3) is 0.278. The van der Waals surface area contributed by atoms with Crippen LogP contribution in [0.4, 0.5) is 0 Å². The quantitative estimate of drug-likeness (QED) is 0.766. The van der Waals surface area contributed by atoms with Gasteiger partial charge in [0, 0.05) is 5.56 Å². The van der Waals surface area contributed by atoms with E-state index in [-0.39, 0.29) is 24.3 Å². The number of aliphatic hydroxyl groups is 1. The summed E-state index contributed by atoms with van der Waals surface area (Å²) < 4.78 is 0. The van der Waals surface area contributed by atoms with E-state index in [4.69, 9.17) is 0 Å². The lowest BCUT2D eigenvalue weighted by Crippen LogP contribution is -2.39. The number of amides is 1. The number of carbonyl (C=O) groups is 1. The molecule has 0 bridgehead atoms. The molecule has 1 amide bonds. The summed E-state index contributed by atoms with van der Waals surface area (Å²) >= 11 is 0. The van der Waals surface area contributed by atoms with E-state index in [9.17, 15) is 15.0 Å². The number of aromatic hydroxyl groups is 1. The Kier molecular flexibility index (Phi) is 5.55. The zero-order valence-corrected chi connectivity index (χ0v) is 12.6. The molecule has 0 aromatic heterocycles. The monoisotopic (exact) mass is 299 g/mol. The summed E-state index contributed by atoms with van der Waals surface area (Å²) in [5.41, 5.74) is 2.71. The molecule has 0 spiro atoms. The maximum atomic E-state index is 12.2. The zero-order valence-electron chi connectivity index (χ0n) is 12.6. The van der Waals surface area contributed by atoms with Gasteiger partial charge < -0.3 is 15.5 Å². The summed E-state index contributed by atoms with van der Waals surface area (Å²) in [4.78, 5) is 12.2. The van der Waals surface area contributed by atoms with Crippen LogP contribution >= 0.6 is 0 Å². The molecule has 2 aromatic carbocycles. The van der Waals surface area contributed by atoms with Gasteiger partial charge in [0.15, 0.2) is 0 Å². The van der Waals surface area contributed by atoms with E-state index in [1.54, 1.807) is 36.4 Å². The van der Waals surface area contributed by atoms with Gasteiger partial charge in [-0.05, 0) is 48.2 Å². The molecule has 1 atom stereocenters. The Bertz CT molecular complexity index is 605. The summed E-state index contributed by atoms with van der Waals surface area (Å²) in [6, 6.07) is 13.8. The number of benzene rings is 2. The van der Waals surface area contributed by atoms with E-state index in [2.05, 4.69) is 12.2 Å². The van der Waals surface area contributed by atoms with Crippen molar-refractivity contribution in [1.29, 1.82) is 0 Å². The van der Waals surface area contributed by atoms with Crippen LogP contribution in [0.1, 0.15) is 28.4 Å². The van der Waals surface area contributed by atoms with Gasteiger partial charge in [-0.3, -0.25) is 4.79 Å². The molecule has 4 heteroatoms. The molecule has 0 fully saturated rings. The van der Waals surface area contributed by atoms with E-state index in [1.165, 1.54) is 5.56 Å². The second-order valence-electron chi connectivity index (χ2n) is 5.27. The largest absolute Gasteiger partial charge is 0.508 e. The Balaban J connectivity index is 1.99. The molecule has 3 N–H and O–H groups in total. The molecule has 0 heterocycles. The number of aryl methyl sites for hydroxylation is 1. The number of carbonyl (C=O) groups excluding carboxylic acids is 1. The van der Waals surface area contributed by atoms with Crippen LogP contribution in [0.5, 0.6) is 5.75 Å². The van der Waals surface area contributed by atoms with Crippen molar-refractivity contribution in [2.45, 2.75) is 25.8 Å². The highest BCUT2D eigenvalue weighted by atomic mass is 16.3. The van der Waals surface area contributed by atoms with Gasteiger partial charge >= 0.3 is 0 Å². The topological polar surface area (TPSA) is 69.6 Å². The third-order valence-corrected chi connectivity index (χ3v) is 3.60. The van der Waals surface area contributed by atoms with Crippen molar-refractivity contribution < 1.29 is 15.0 Å². The molecular weight excluding hydrogens is 278 g/mol. The SMILES string of the molecule is CCc1ccc(C(=O)N[C@H](CO)Cc2ccc(O)cc2)cc1. The predicted octanol–water partition coefficient (Wildman–Crippen LogP) is 2.29. The van der Waals surface area contributed by atoms with Crippen LogP contribution in [0, 0.1) is 0 Å². The molecule has 2 rings (SSSR count). The molecule has 0 aliphatic rings. The molecule has 0 saturated heterocycles. The van der Waals surface area contributed by atoms with Crippen LogP contribution in [0.2, 0.25) is 0 Å². The van der Waals surface area contributed by atoms with Crippen molar-refractivity contribution in [3.05, 3.63) is 65.2 Å². The number of nitrogens with one attached hydrogen (secondary N) is 1. The second kappa shape index (κ2) is 7.61. The summed E-state index contributed by atoms with van der Waals surface area (Å²) in [6.45, 7) is 1.92. The first-order valence-corrected chi connectivity index (χ1v) is 7.41. The molecule has 0 radical (unpaired) electrons. The van der Waals surface area contributed by atoms with Gasteiger partial charge in [0.05, 0.1) is 12.6 Å². The van der Waals surface area contributed by atoms with Gasteiger partial charge in [-0.2, -0.15) is 0 Å². The number of phenolic OH excluding ortho intramolecular Hbond substituents is 1. The standard InChI is InChI=1S/C18H21NO3/c1-2-13-3-7-15(8-4-13)18(22)19-16(12-20)11-14-5-9-17(21)10-6-14/h3-10,16,20-21H,2,11-12H2,1H3,(H,19,22)/t16-/m0/s1.